The van der Waals surface area contributed by atoms with Gasteiger partial charge in [-0.1, -0.05) is 12.1 Å². The highest BCUT2D eigenvalue weighted by atomic mass is 32.1. The van der Waals surface area contributed by atoms with Crippen LogP contribution >= 0.6 is 11.3 Å². The quantitative estimate of drug-likeness (QED) is 0.506. The first-order chi connectivity index (χ1) is 13.1. The van der Waals surface area contributed by atoms with Crippen LogP contribution in [-0.4, -0.2) is 31.9 Å². The zero-order valence-electron chi connectivity index (χ0n) is 15.8. The zero-order valence-corrected chi connectivity index (χ0v) is 16.6. The number of aromatic nitrogens is 3. The number of pyridine rings is 1. The highest BCUT2D eigenvalue weighted by Gasteiger charge is 2.17. The minimum Gasteiger partial charge on any atom is -0.336 e. The van der Waals surface area contributed by atoms with Gasteiger partial charge >= 0.3 is 0 Å². The second-order valence-corrected chi connectivity index (χ2v) is 7.45. The smallest absolute Gasteiger partial charge is 0.219 e. The first-order valence-corrected chi connectivity index (χ1v) is 10.1. The van der Waals surface area contributed by atoms with Crippen molar-refractivity contribution in [1.29, 1.82) is 0 Å². The van der Waals surface area contributed by atoms with E-state index in [0.29, 0.717) is 13.1 Å². The van der Waals surface area contributed by atoms with Gasteiger partial charge in [0, 0.05) is 30.3 Å². The molecule has 5 nitrogen and oxygen atoms in total. The van der Waals surface area contributed by atoms with Gasteiger partial charge in [-0.05, 0) is 43.0 Å². The van der Waals surface area contributed by atoms with E-state index in [-0.39, 0.29) is 5.91 Å². The molecule has 4 rings (SSSR count). The van der Waals surface area contributed by atoms with Gasteiger partial charge in [0.2, 0.25) is 5.91 Å². The van der Waals surface area contributed by atoms with Crippen molar-refractivity contribution in [2.75, 3.05) is 6.54 Å². The highest BCUT2D eigenvalue weighted by Crippen LogP contribution is 2.31. The molecule has 1 aromatic carbocycles. The van der Waals surface area contributed by atoms with E-state index in [1.807, 2.05) is 13.1 Å². The molecule has 0 spiro atoms. The summed E-state index contributed by atoms with van der Waals surface area (Å²) < 4.78 is 2.20. The summed E-state index contributed by atoms with van der Waals surface area (Å²) in [7, 11) is 0. The van der Waals surface area contributed by atoms with Gasteiger partial charge in [0.15, 0.2) is 0 Å². The Labute approximate surface area is 162 Å². The standard InChI is InChI=1S/C21H22N4OS/c1-4-24(14(3)26)13-20-23-18-12-22-17-11-15(19-7-6-10-27-19)8-9-16(17)21(18)25(20)5-2/h6-12H,4-5,13H2,1-3H3. The molecule has 0 N–H and O–H groups in total. The molecule has 4 aromatic rings. The number of thiophene rings is 1. The lowest BCUT2D eigenvalue weighted by Crippen LogP contribution is -2.29. The molecule has 0 bridgehead atoms. The fraction of sp³-hybridized carbons (Fsp3) is 0.286. The van der Waals surface area contributed by atoms with Crippen molar-refractivity contribution >= 4 is 39.2 Å². The van der Waals surface area contributed by atoms with Crippen molar-refractivity contribution in [2.45, 2.75) is 33.9 Å². The second kappa shape index (κ2) is 7.12. The third kappa shape index (κ3) is 3.10. The van der Waals surface area contributed by atoms with Crippen LogP contribution in [0.5, 0.6) is 0 Å². The first kappa shape index (κ1) is 17.7. The van der Waals surface area contributed by atoms with Gasteiger partial charge in [0.05, 0.1) is 23.8 Å². The number of rotatable bonds is 5. The lowest BCUT2D eigenvalue weighted by molar-refractivity contribution is -0.129. The predicted octanol–water partition coefficient (Wildman–Crippen LogP) is 4.70. The van der Waals surface area contributed by atoms with Crippen molar-refractivity contribution in [3.8, 4) is 10.4 Å². The van der Waals surface area contributed by atoms with Crippen LogP contribution in [0.1, 0.15) is 26.6 Å². The largest absolute Gasteiger partial charge is 0.336 e. The Morgan fingerprint density at radius 1 is 1.22 bits per heavy atom. The number of hydrogen-bond acceptors (Lipinski definition) is 4. The Hall–Kier alpha value is -2.73. The van der Waals surface area contributed by atoms with Gasteiger partial charge in [-0.3, -0.25) is 9.78 Å². The number of nitrogens with zero attached hydrogens (tertiary/aromatic N) is 4. The van der Waals surface area contributed by atoms with E-state index >= 15 is 0 Å². The van der Waals surface area contributed by atoms with Crippen LogP contribution in [0.2, 0.25) is 0 Å². The topological polar surface area (TPSA) is 51.0 Å². The summed E-state index contributed by atoms with van der Waals surface area (Å²) in [5, 5.41) is 3.18. The van der Waals surface area contributed by atoms with Crippen molar-refractivity contribution < 1.29 is 4.79 Å². The van der Waals surface area contributed by atoms with Crippen LogP contribution in [0.25, 0.3) is 32.4 Å². The van der Waals surface area contributed by atoms with Crippen molar-refractivity contribution in [2.24, 2.45) is 0 Å². The fourth-order valence-electron chi connectivity index (χ4n) is 3.54. The van der Waals surface area contributed by atoms with Crippen LogP contribution in [0.3, 0.4) is 0 Å². The molecule has 1 amide bonds. The van der Waals surface area contributed by atoms with Crippen LogP contribution in [0.4, 0.5) is 0 Å². The number of carbonyl (C=O) groups excluding carboxylic acids is 1. The number of amides is 1. The SMILES string of the molecule is CCN(Cc1nc2cnc3cc(-c4cccs4)ccc3c2n1CC)C(C)=O. The molecule has 6 heteroatoms. The summed E-state index contributed by atoms with van der Waals surface area (Å²) in [6.45, 7) is 7.69. The fourth-order valence-corrected chi connectivity index (χ4v) is 4.26. The first-order valence-electron chi connectivity index (χ1n) is 9.19. The third-order valence-electron chi connectivity index (χ3n) is 4.93. The van der Waals surface area contributed by atoms with Gasteiger partial charge in [-0.25, -0.2) is 4.98 Å². The van der Waals surface area contributed by atoms with E-state index in [4.69, 9.17) is 4.98 Å². The van der Waals surface area contributed by atoms with Gasteiger partial charge in [-0.15, -0.1) is 11.3 Å². The molecule has 0 saturated carbocycles. The molecule has 0 aliphatic heterocycles. The summed E-state index contributed by atoms with van der Waals surface area (Å²) in [6.07, 6.45) is 1.84. The van der Waals surface area contributed by atoms with Gasteiger partial charge < -0.3 is 9.47 Å². The molecular formula is C21H22N4OS. The number of aryl methyl sites for hydroxylation is 1. The predicted molar refractivity (Wildman–Crippen MR) is 111 cm³/mol. The Morgan fingerprint density at radius 3 is 2.74 bits per heavy atom. The number of hydrogen-bond donors (Lipinski definition) is 0. The zero-order chi connectivity index (χ0) is 19.0. The third-order valence-corrected chi connectivity index (χ3v) is 5.85. The molecule has 3 aromatic heterocycles. The molecule has 27 heavy (non-hydrogen) atoms. The van der Waals surface area contributed by atoms with Crippen LogP contribution in [-0.2, 0) is 17.9 Å². The van der Waals surface area contributed by atoms with Crippen LogP contribution in [0, 0.1) is 0 Å². The van der Waals surface area contributed by atoms with Crippen molar-refractivity contribution in [3.05, 3.63) is 47.7 Å². The molecule has 0 aliphatic carbocycles. The molecule has 3 heterocycles. The summed E-state index contributed by atoms with van der Waals surface area (Å²) in [4.78, 5) is 24.3. The van der Waals surface area contributed by atoms with Crippen molar-refractivity contribution in [3.63, 3.8) is 0 Å². The summed E-state index contributed by atoms with van der Waals surface area (Å²) in [6, 6.07) is 10.6. The Bertz CT molecular complexity index is 1110. The van der Waals surface area contributed by atoms with E-state index in [2.05, 4.69) is 52.2 Å². The monoisotopic (exact) mass is 378 g/mol. The summed E-state index contributed by atoms with van der Waals surface area (Å²) in [5.74, 6) is 0.969. The number of benzene rings is 1. The normalized spacial score (nSPS) is 11.4. The number of imidazole rings is 1. The van der Waals surface area contributed by atoms with Crippen LogP contribution < -0.4 is 0 Å². The van der Waals surface area contributed by atoms with E-state index < -0.39 is 0 Å². The van der Waals surface area contributed by atoms with Gasteiger partial charge in [0.1, 0.15) is 11.3 Å². The number of fused-ring (bicyclic) bond motifs is 3. The molecule has 138 valence electrons. The maximum absolute atomic E-state index is 11.8. The number of carbonyl (C=O) groups is 1. The minimum absolute atomic E-state index is 0.0655. The highest BCUT2D eigenvalue weighted by molar-refractivity contribution is 7.13. The lowest BCUT2D eigenvalue weighted by atomic mass is 10.1. The van der Waals surface area contributed by atoms with Gasteiger partial charge in [0.25, 0.3) is 0 Å². The lowest BCUT2D eigenvalue weighted by Gasteiger charge is -2.19. The Balaban J connectivity index is 1.87. The van der Waals surface area contributed by atoms with Gasteiger partial charge in [-0.2, -0.15) is 0 Å². The average Bonchev–Trinajstić information content (AvgIpc) is 3.32. The molecule has 0 aliphatic rings. The molecule has 0 unspecified atom stereocenters. The van der Waals surface area contributed by atoms with E-state index in [9.17, 15) is 4.79 Å². The molecule has 0 fully saturated rings. The van der Waals surface area contributed by atoms with E-state index in [0.717, 1.165) is 34.3 Å². The minimum atomic E-state index is 0.0655. The average molecular weight is 379 g/mol. The van der Waals surface area contributed by atoms with Crippen LogP contribution in [0.15, 0.2) is 41.9 Å². The summed E-state index contributed by atoms with van der Waals surface area (Å²) >= 11 is 1.73. The van der Waals surface area contributed by atoms with Crippen molar-refractivity contribution in [1.82, 2.24) is 19.4 Å². The molecule has 0 radical (unpaired) electrons. The maximum Gasteiger partial charge on any atom is 0.219 e. The Morgan fingerprint density at radius 2 is 2.07 bits per heavy atom. The van der Waals surface area contributed by atoms with E-state index in [1.54, 1.807) is 23.2 Å². The molecule has 0 saturated heterocycles. The second-order valence-electron chi connectivity index (χ2n) is 6.51. The maximum atomic E-state index is 11.8. The van der Waals surface area contributed by atoms with E-state index in [1.165, 1.54) is 10.4 Å². The molecule has 0 atom stereocenters. The summed E-state index contributed by atoms with van der Waals surface area (Å²) in [5.41, 5.74) is 4.12. The Kier molecular flexibility index (Phi) is 4.66. The molecular weight excluding hydrogens is 356 g/mol.